The van der Waals surface area contributed by atoms with Gasteiger partial charge in [0, 0.05) is 18.2 Å². The topological polar surface area (TPSA) is 58.3 Å². The van der Waals surface area contributed by atoms with Crippen molar-refractivity contribution in [3.8, 4) is 11.3 Å². The van der Waals surface area contributed by atoms with Gasteiger partial charge in [0.05, 0.1) is 5.69 Å². The Kier molecular flexibility index (Phi) is 4.13. The standard InChI is InChI=1S/C19H24N6/c1-19(8-10-24(2)11-9-19)13-20-17-12-16(15-6-4-3-5-7-15)23-18-21-14-22-25(17)18/h3-7,12,14,20H,8-11,13H2,1-2H3. The highest BCUT2D eigenvalue weighted by atomic mass is 15.4. The molecule has 0 saturated carbocycles. The maximum atomic E-state index is 4.63. The Morgan fingerprint density at radius 2 is 1.92 bits per heavy atom. The number of nitrogens with zero attached hydrogens (tertiary/aromatic N) is 5. The Bertz CT molecular complexity index is 849. The molecule has 2 aromatic heterocycles. The van der Waals surface area contributed by atoms with E-state index in [1.54, 1.807) is 10.8 Å². The van der Waals surface area contributed by atoms with Crippen molar-refractivity contribution >= 4 is 11.6 Å². The highest BCUT2D eigenvalue weighted by Gasteiger charge is 2.28. The zero-order chi connectivity index (χ0) is 17.3. The molecule has 3 heterocycles. The second kappa shape index (κ2) is 6.44. The summed E-state index contributed by atoms with van der Waals surface area (Å²) in [7, 11) is 2.20. The predicted molar refractivity (Wildman–Crippen MR) is 99.5 cm³/mol. The molecule has 0 unspecified atom stereocenters. The van der Waals surface area contributed by atoms with Gasteiger partial charge in [-0.15, -0.1) is 0 Å². The molecule has 1 fully saturated rings. The summed E-state index contributed by atoms with van der Waals surface area (Å²) in [6, 6.07) is 12.3. The second-order valence-electron chi connectivity index (χ2n) is 7.33. The van der Waals surface area contributed by atoms with Gasteiger partial charge in [-0.2, -0.15) is 14.6 Å². The molecule has 1 saturated heterocycles. The van der Waals surface area contributed by atoms with E-state index in [-0.39, 0.29) is 0 Å². The minimum atomic E-state index is 0.301. The van der Waals surface area contributed by atoms with Crippen LogP contribution in [-0.4, -0.2) is 51.2 Å². The van der Waals surface area contributed by atoms with Crippen molar-refractivity contribution in [2.24, 2.45) is 5.41 Å². The van der Waals surface area contributed by atoms with E-state index in [1.165, 1.54) is 12.8 Å². The van der Waals surface area contributed by atoms with Gasteiger partial charge in [0.2, 0.25) is 0 Å². The fourth-order valence-corrected chi connectivity index (χ4v) is 3.33. The van der Waals surface area contributed by atoms with E-state index in [4.69, 9.17) is 0 Å². The van der Waals surface area contributed by atoms with E-state index < -0.39 is 0 Å². The second-order valence-corrected chi connectivity index (χ2v) is 7.33. The zero-order valence-corrected chi connectivity index (χ0v) is 14.8. The molecule has 3 aromatic rings. The predicted octanol–water partition coefficient (Wildman–Crippen LogP) is 2.94. The molecule has 1 aliphatic heterocycles. The van der Waals surface area contributed by atoms with E-state index in [0.29, 0.717) is 11.2 Å². The molecule has 0 spiro atoms. The average Bonchev–Trinajstić information content (AvgIpc) is 3.12. The summed E-state index contributed by atoms with van der Waals surface area (Å²) >= 11 is 0. The van der Waals surface area contributed by atoms with Crippen molar-refractivity contribution in [1.29, 1.82) is 0 Å². The summed E-state index contributed by atoms with van der Waals surface area (Å²) < 4.78 is 1.78. The fraction of sp³-hybridized carbons (Fsp3) is 0.421. The Hall–Kier alpha value is -2.47. The van der Waals surface area contributed by atoms with Gasteiger partial charge in [-0.3, -0.25) is 0 Å². The summed E-state index contributed by atoms with van der Waals surface area (Å²) in [5.41, 5.74) is 2.30. The molecule has 25 heavy (non-hydrogen) atoms. The molecule has 6 nitrogen and oxygen atoms in total. The molecule has 4 rings (SSSR count). The lowest BCUT2D eigenvalue weighted by Crippen LogP contribution is -2.40. The van der Waals surface area contributed by atoms with Crippen molar-refractivity contribution < 1.29 is 0 Å². The van der Waals surface area contributed by atoms with Crippen LogP contribution in [0, 0.1) is 5.41 Å². The van der Waals surface area contributed by atoms with E-state index in [1.807, 2.05) is 18.2 Å². The number of likely N-dealkylation sites (tertiary alicyclic amines) is 1. The molecular formula is C19H24N6. The number of rotatable bonds is 4. The Labute approximate surface area is 147 Å². The summed E-state index contributed by atoms with van der Waals surface area (Å²) in [5, 5.41) is 7.94. The first-order valence-electron chi connectivity index (χ1n) is 8.82. The number of nitrogens with one attached hydrogen (secondary N) is 1. The lowest BCUT2D eigenvalue weighted by atomic mass is 9.80. The van der Waals surface area contributed by atoms with Gasteiger partial charge in [0.15, 0.2) is 0 Å². The largest absolute Gasteiger partial charge is 0.369 e. The third-order valence-corrected chi connectivity index (χ3v) is 5.21. The molecular weight excluding hydrogens is 312 g/mol. The molecule has 0 aliphatic carbocycles. The fourth-order valence-electron chi connectivity index (χ4n) is 3.33. The zero-order valence-electron chi connectivity index (χ0n) is 14.8. The van der Waals surface area contributed by atoms with E-state index in [2.05, 4.69) is 57.5 Å². The quantitative estimate of drug-likeness (QED) is 0.794. The smallest absolute Gasteiger partial charge is 0.254 e. The van der Waals surface area contributed by atoms with E-state index in [0.717, 1.165) is 36.7 Å². The molecule has 130 valence electrons. The van der Waals surface area contributed by atoms with Crippen LogP contribution in [0.25, 0.3) is 17.0 Å². The lowest BCUT2D eigenvalue weighted by Gasteiger charge is -2.38. The summed E-state index contributed by atoms with van der Waals surface area (Å²) in [5.74, 6) is 1.57. The van der Waals surface area contributed by atoms with Crippen LogP contribution in [-0.2, 0) is 0 Å². The molecule has 1 N–H and O–H groups in total. The van der Waals surface area contributed by atoms with Crippen LogP contribution in [0.2, 0.25) is 0 Å². The van der Waals surface area contributed by atoms with Crippen LogP contribution in [0.4, 0.5) is 5.82 Å². The molecule has 1 aliphatic rings. The molecule has 1 aromatic carbocycles. The Balaban J connectivity index is 1.61. The first kappa shape index (κ1) is 16.0. The lowest BCUT2D eigenvalue weighted by molar-refractivity contribution is 0.150. The number of aromatic nitrogens is 4. The number of hydrogen-bond donors (Lipinski definition) is 1. The first-order chi connectivity index (χ1) is 12.1. The van der Waals surface area contributed by atoms with Crippen LogP contribution < -0.4 is 5.32 Å². The van der Waals surface area contributed by atoms with E-state index in [9.17, 15) is 0 Å². The number of piperidine rings is 1. The summed E-state index contributed by atoms with van der Waals surface area (Å²) in [6.07, 6.45) is 3.96. The van der Waals surface area contributed by atoms with Crippen LogP contribution in [0.5, 0.6) is 0 Å². The number of hydrogen-bond acceptors (Lipinski definition) is 5. The van der Waals surface area contributed by atoms with Crippen molar-refractivity contribution in [2.45, 2.75) is 19.8 Å². The Morgan fingerprint density at radius 3 is 2.68 bits per heavy atom. The van der Waals surface area contributed by atoms with Crippen molar-refractivity contribution in [2.75, 3.05) is 32.0 Å². The van der Waals surface area contributed by atoms with Gasteiger partial charge < -0.3 is 10.2 Å². The molecule has 0 amide bonds. The number of fused-ring (bicyclic) bond motifs is 1. The van der Waals surface area contributed by atoms with Gasteiger partial charge in [-0.1, -0.05) is 37.3 Å². The SMILES string of the molecule is CN1CCC(C)(CNc2cc(-c3ccccc3)nc3ncnn23)CC1. The van der Waals surface area contributed by atoms with Crippen LogP contribution >= 0.6 is 0 Å². The minimum Gasteiger partial charge on any atom is -0.369 e. The van der Waals surface area contributed by atoms with Crippen molar-refractivity contribution in [1.82, 2.24) is 24.5 Å². The normalized spacial score (nSPS) is 17.7. The maximum Gasteiger partial charge on any atom is 0.254 e. The third kappa shape index (κ3) is 3.35. The molecule has 6 heteroatoms. The van der Waals surface area contributed by atoms with Gasteiger partial charge >= 0.3 is 0 Å². The van der Waals surface area contributed by atoms with Crippen LogP contribution in [0.3, 0.4) is 0 Å². The number of anilines is 1. The maximum absolute atomic E-state index is 4.63. The minimum absolute atomic E-state index is 0.301. The third-order valence-electron chi connectivity index (χ3n) is 5.21. The van der Waals surface area contributed by atoms with Gasteiger partial charge in [-0.25, -0.2) is 4.98 Å². The van der Waals surface area contributed by atoms with Crippen LogP contribution in [0.15, 0.2) is 42.7 Å². The first-order valence-corrected chi connectivity index (χ1v) is 8.82. The monoisotopic (exact) mass is 336 g/mol. The summed E-state index contributed by atoms with van der Waals surface area (Å²) in [6.45, 7) is 5.60. The van der Waals surface area contributed by atoms with Crippen LogP contribution in [0.1, 0.15) is 19.8 Å². The van der Waals surface area contributed by atoms with Gasteiger partial charge in [0.25, 0.3) is 5.78 Å². The highest BCUT2D eigenvalue weighted by Crippen LogP contribution is 2.31. The Morgan fingerprint density at radius 1 is 1.16 bits per heavy atom. The summed E-state index contributed by atoms with van der Waals surface area (Å²) in [4.78, 5) is 11.3. The molecule has 0 bridgehead atoms. The van der Waals surface area contributed by atoms with Gasteiger partial charge in [-0.05, 0) is 38.4 Å². The van der Waals surface area contributed by atoms with Crippen molar-refractivity contribution in [3.63, 3.8) is 0 Å². The average molecular weight is 336 g/mol. The van der Waals surface area contributed by atoms with E-state index >= 15 is 0 Å². The molecule has 0 atom stereocenters. The van der Waals surface area contributed by atoms with Gasteiger partial charge in [0.1, 0.15) is 12.1 Å². The highest BCUT2D eigenvalue weighted by molar-refractivity contribution is 5.65. The van der Waals surface area contributed by atoms with Crippen molar-refractivity contribution in [3.05, 3.63) is 42.7 Å². The number of benzene rings is 1. The molecule has 0 radical (unpaired) electrons.